The van der Waals surface area contributed by atoms with Crippen molar-refractivity contribution in [3.8, 4) is 11.5 Å². The Bertz CT molecular complexity index is 823. The summed E-state index contributed by atoms with van der Waals surface area (Å²) in [6.45, 7) is 1.49. The molecule has 0 bridgehead atoms. The molecule has 2 aromatic carbocycles. The molecule has 0 unspecified atom stereocenters. The summed E-state index contributed by atoms with van der Waals surface area (Å²) in [5, 5.41) is 5.35. The molecule has 0 radical (unpaired) electrons. The number of rotatable bonds is 4. The van der Waals surface area contributed by atoms with E-state index < -0.39 is 6.09 Å². The number of hydrogen-bond donors (Lipinski definition) is 2. The second-order valence-corrected chi connectivity index (χ2v) is 5.96. The molecule has 1 aliphatic heterocycles. The number of nitrogens with zero attached hydrogens (tertiary/aromatic N) is 1. The summed E-state index contributed by atoms with van der Waals surface area (Å²) in [6, 6.07) is 12.1. The zero-order valence-electron chi connectivity index (χ0n) is 15.2. The van der Waals surface area contributed by atoms with Crippen LogP contribution in [0.2, 0.25) is 0 Å². The van der Waals surface area contributed by atoms with Crippen molar-refractivity contribution in [1.29, 1.82) is 0 Å². The lowest BCUT2D eigenvalue weighted by Crippen LogP contribution is -2.30. The summed E-state index contributed by atoms with van der Waals surface area (Å²) < 4.78 is 15.6. The lowest BCUT2D eigenvalue weighted by Gasteiger charge is -2.21. The van der Waals surface area contributed by atoms with Gasteiger partial charge in [-0.15, -0.1) is 0 Å². The van der Waals surface area contributed by atoms with Crippen LogP contribution in [-0.2, 0) is 11.3 Å². The summed E-state index contributed by atoms with van der Waals surface area (Å²) >= 11 is 0. The van der Waals surface area contributed by atoms with Gasteiger partial charge in [-0.1, -0.05) is 6.07 Å². The van der Waals surface area contributed by atoms with Crippen molar-refractivity contribution in [2.45, 2.75) is 6.54 Å². The Morgan fingerprint density at radius 3 is 2.30 bits per heavy atom. The molecule has 2 N–H and O–H groups in total. The summed E-state index contributed by atoms with van der Waals surface area (Å²) in [6.07, 6.45) is -0.550. The minimum Gasteiger partial charge on any atom is -0.486 e. The van der Waals surface area contributed by atoms with Crippen molar-refractivity contribution in [1.82, 2.24) is 4.90 Å². The average Bonchev–Trinajstić information content (AvgIpc) is 2.69. The van der Waals surface area contributed by atoms with Gasteiger partial charge in [-0.2, -0.15) is 0 Å². The van der Waals surface area contributed by atoms with Gasteiger partial charge in [0, 0.05) is 25.0 Å². The number of fused-ring (bicyclic) bond motifs is 1. The lowest BCUT2D eigenvalue weighted by molar-refractivity contribution is 0.171. The van der Waals surface area contributed by atoms with Gasteiger partial charge in [0.1, 0.15) is 13.2 Å². The predicted molar refractivity (Wildman–Crippen MR) is 100 cm³/mol. The van der Waals surface area contributed by atoms with E-state index in [2.05, 4.69) is 15.4 Å². The largest absolute Gasteiger partial charge is 0.486 e. The molecule has 0 fully saturated rings. The molecule has 1 aliphatic rings. The molecule has 1 heterocycles. The zero-order chi connectivity index (χ0) is 19.2. The molecule has 3 amide bonds. The molecule has 0 saturated carbocycles. The highest BCUT2D eigenvalue weighted by molar-refractivity contribution is 5.90. The van der Waals surface area contributed by atoms with E-state index in [-0.39, 0.29) is 6.03 Å². The van der Waals surface area contributed by atoms with Crippen molar-refractivity contribution >= 4 is 23.5 Å². The van der Waals surface area contributed by atoms with Gasteiger partial charge in [-0.3, -0.25) is 5.32 Å². The maximum absolute atomic E-state index is 12.4. The molecule has 27 heavy (non-hydrogen) atoms. The van der Waals surface area contributed by atoms with Crippen molar-refractivity contribution in [2.24, 2.45) is 0 Å². The van der Waals surface area contributed by atoms with E-state index in [1.165, 1.54) is 7.11 Å². The fraction of sp³-hybridized carbons (Fsp3) is 0.263. The van der Waals surface area contributed by atoms with Gasteiger partial charge < -0.3 is 24.4 Å². The fourth-order valence-corrected chi connectivity index (χ4v) is 2.56. The summed E-state index contributed by atoms with van der Waals surface area (Å²) in [7, 11) is 3.00. The molecule has 0 saturated heterocycles. The number of methoxy groups -OCH3 is 1. The molecular weight excluding hydrogens is 350 g/mol. The van der Waals surface area contributed by atoms with Crippen LogP contribution in [0, 0.1) is 0 Å². The van der Waals surface area contributed by atoms with Gasteiger partial charge in [0.05, 0.1) is 7.11 Å². The standard InChI is InChI=1S/C19H21N3O5/c1-22(12-13-3-8-16-17(11-13)27-10-9-26-16)18(23)20-14-4-6-15(7-5-14)21-19(24)25-2/h3-8,11H,9-10,12H2,1-2H3,(H,20,23)(H,21,24). The first kappa shape index (κ1) is 18.4. The Kier molecular flexibility index (Phi) is 5.65. The number of nitrogens with one attached hydrogen (secondary N) is 2. The van der Waals surface area contributed by atoms with Gasteiger partial charge in [-0.25, -0.2) is 9.59 Å². The molecule has 0 spiro atoms. The summed E-state index contributed by atoms with van der Waals surface area (Å²) in [5.74, 6) is 1.42. The van der Waals surface area contributed by atoms with Crippen LogP contribution in [0.1, 0.15) is 5.56 Å². The van der Waals surface area contributed by atoms with Gasteiger partial charge in [0.15, 0.2) is 11.5 Å². The maximum Gasteiger partial charge on any atom is 0.411 e. The van der Waals surface area contributed by atoms with Gasteiger partial charge in [0.25, 0.3) is 0 Å². The van der Waals surface area contributed by atoms with Crippen molar-refractivity contribution in [2.75, 3.05) is 38.0 Å². The minimum atomic E-state index is -0.550. The number of carbonyl (C=O) groups excluding carboxylic acids is 2. The Hall–Kier alpha value is -3.42. The number of carbonyl (C=O) groups is 2. The van der Waals surface area contributed by atoms with E-state index in [0.717, 1.165) is 11.3 Å². The van der Waals surface area contributed by atoms with E-state index in [4.69, 9.17) is 9.47 Å². The molecule has 142 valence electrons. The van der Waals surface area contributed by atoms with Crippen LogP contribution >= 0.6 is 0 Å². The van der Waals surface area contributed by atoms with E-state index in [9.17, 15) is 9.59 Å². The van der Waals surface area contributed by atoms with Gasteiger partial charge in [-0.05, 0) is 42.0 Å². The van der Waals surface area contributed by atoms with Crippen LogP contribution < -0.4 is 20.1 Å². The quantitative estimate of drug-likeness (QED) is 0.861. The van der Waals surface area contributed by atoms with Crippen LogP contribution in [0.4, 0.5) is 21.0 Å². The first-order valence-electron chi connectivity index (χ1n) is 8.41. The number of hydrogen-bond acceptors (Lipinski definition) is 5. The third-order valence-electron chi connectivity index (χ3n) is 3.94. The first-order chi connectivity index (χ1) is 13.0. The smallest absolute Gasteiger partial charge is 0.411 e. The van der Waals surface area contributed by atoms with Crippen LogP contribution in [-0.4, -0.2) is 44.4 Å². The first-order valence-corrected chi connectivity index (χ1v) is 8.41. The number of benzene rings is 2. The monoisotopic (exact) mass is 371 g/mol. The predicted octanol–water partition coefficient (Wildman–Crippen LogP) is 3.30. The highest BCUT2D eigenvalue weighted by Crippen LogP contribution is 2.31. The lowest BCUT2D eigenvalue weighted by atomic mass is 10.2. The molecule has 0 aromatic heterocycles. The molecule has 8 nitrogen and oxygen atoms in total. The summed E-state index contributed by atoms with van der Waals surface area (Å²) in [5.41, 5.74) is 2.13. The SMILES string of the molecule is COC(=O)Nc1ccc(NC(=O)N(C)Cc2ccc3c(c2)OCCO3)cc1. The zero-order valence-corrected chi connectivity index (χ0v) is 15.2. The summed E-state index contributed by atoms with van der Waals surface area (Å²) in [4.78, 5) is 25.1. The Morgan fingerprint density at radius 1 is 1.00 bits per heavy atom. The molecule has 3 rings (SSSR count). The normalized spacial score (nSPS) is 12.1. The molecular formula is C19H21N3O5. The average molecular weight is 371 g/mol. The van der Waals surface area contributed by atoms with Crippen LogP contribution in [0.15, 0.2) is 42.5 Å². The Balaban J connectivity index is 1.56. The third kappa shape index (κ3) is 4.81. The van der Waals surface area contributed by atoms with Crippen molar-refractivity contribution < 1.29 is 23.8 Å². The second kappa shape index (κ2) is 8.31. The third-order valence-corrected chi connectivity index (χ3v) is 3.94. The molecule has 0 aliphatic carbocycles. The number of amides is 3. The Morgan fingerprint density at radius 2 is 1.63 bits per heavy atom. The van der Waals surface area contributed by atoms with Crippen molar-refractivity contribution in [3.05, 3.63) is 48.0 Å². The minimum absolute atomic E-state index is 0.251. The van der Waals surface area contributed by atoms with Crippen molar-refractivity contribution in [3.63, 3.8) is 0 Å². The molecule has 0 atom stereocenters. The van der Waals surface area contributed by atoms with Crippen LogP contribution in [0.3, 0.4) is 0 Å². The Labute approximate surface area is 157 Å². The second-order valence-electron chi connectivity index (χ2n) is 5.96. The van der Waals surface area contributed by atoms with E-state index >= 15 is 0 Å². The fourth-order valence-electron chi connectivity index (χ4n) is 2.56. The van der Waals surface area contributed by atoms with E-state index in [1.807, 2.05) is 18.2 Å². The molecule has 2 aromatic rings. The highest BCUT2D eigenvalue weighted by Gasteiger charge is 2.14. The highest BCUT2D eigenvalue weighted by atomic mass is 16.6. The van der Waals surface area contributed by atoms with Gasteiger partial charge in [0.2, 0.25) is 0 Å². The topological polar surface area (TPSA) is 89.1 Å². The van der Waals surface area contributed by atoms with Crippen LogP contribution in [0.25, 0.3) is 0 Å². The van der Waals surface area contributed by atoms with E-state index in [1.54, 1.807) is 36.2 Å². The maximum atomic E-state index is 12.4. The number of ether oxygens (including phenoxy) is 3. The van der Waals surface area contributed by atoms with Gasteiger partial charge >= 0.3 is 12.1 Å². The number of anilines is 2. The van der Waals surface area contributed by atoms with Crippen LogP contribution in [0.5, 0.6) is 11.5 Å². The number of urea groups is 1. The van der Waals surface area contributed by atoms with E-state index in [0.29, 0.717) is 36.9 Å². The molecule has 8 heteroatoms.